The average Bonchev–Trinajstić information content (AvgIpc) is 2.83. The zero-order valence-corrected chi connectivity index (χ0v) is 9.39. The lowest BCUT2D eigenvalue weighted by molar-refractivity contribution is 0.187. The van der Waals surface area contributed by atoms with Crippen molar-refractivity contribution in [1.29, 1.82) is 0 Å². The lowest BCUT2D eigenvalue weighted by atomic mass is 10.2. The van der Waals surface area contributed by atoms with E-state index < -0.39 is 0 Å². The second kappa shape index (κ2) is 3.68. The standard InChI is InChI=1S/C11H11FN2OS/c12-7-1-2-10-9(5-7)13-11(16)14(10)8-3-4-15-6-8/h1-2,5,8H,3-4,6H2,(H,13,16). The van der Waals surface area contributed by atoms with Crippen LogP contribution in [0.5, 0.6) is 0 Å². The first kappa shape index (κ1) is 9.99. The summed E-state index contributed by atoms with van der Waals surface area (Å²) in [7, 11) is 0. The Balaban J connectivity index is 2.23. The summed E-state index contributed by atoms with van der Waals surface area (Å²) >= 11 is 5.26. The van der Waals surface area contributed by atoms with E-state index >= 15 is 0 Å². The number of rotatable bonds is 1. The zero-order valence-electron chi connectivity index (χ0n) is 8.57. The Labute approximate surface area is 96.8 Å². The quantitative estimate of drug-likeness (QED) is 0.774. The van der Waals surface area contributed by atoms with Crippen molar-refractivity contribution >= 4 is 23.3 Å². The maximum Gasteiger partial charge on any atom is 0.178 e. The molecule has 1 aliphatic rings. The molecule has 0 amide bonds. The number of nitrogens with zero attached hydrogens (tertiary/aromatic N) is 1. The molecule has 1 fully saturated rings. The second-order valence-corrected chi connectivity index (χ2v) is 4.37. The summed E-state index contributed by atoms with van der Waals surface area (Å²) in [6.07, 6.45) is 0.957. The number of H-pyrrole nitrogens is 1. The molecule has 1 saturated heterocycles. The van der Waals surface area contributed by atoms with Gasteiger partial charge in [-0.15, -0.1) is 0 Å². The number of ether oxygens (including phenoxy) is 1. The van der Waals surface area contributed by atoms with Crippen molar-refractivity contribution in [3.63, 3.8) is 0 Å². The molecular formula is C11H11FN2OS. The fourth-order valence-electron chi connectivity index (χ4n) is 2.19. The molecule has 0 radical (unpaired) electrons. The number of hydrogen-bond donors (Lipinski definition) is 1. The number of aromatic amines is 1. The minimum atomic E-state index is -0.251. The number of benzene rings is 1. The van der Waals surface area contributed by atoms with Gasteiger partial charge in [0.15, 0.2) is 4.77 Å². The van der Waals surface area contributed by atoms with E-state index in [0.717, 1.165) is 24.1 Å². The third kappa shape index (κ3) is 1.47. The average molecular weight is 238 g/mol. The summed E-state index contributed by atoms with van der Waals surface area (Å²) in [5.74, 6) is -0.251. The monoisotopic (exact) mass is 238 g/mol. The minimum absolute atomic E-state index is 0.251. The number of imidazole rings is 1. The second-order valence-electron chi connectivity index (χ2n) is 3.98. The van der Waals surface area contributed by atoms with E-state index in [1.807, 2.05) is 4.57 Å². The number of fused-ring (bicyclic) bond motifs is 1. The molecule has 1 atom stereocenters. The molecule has 1 aromatic carbocycles. The molecule has 0 saturated carbocycles. The van der Waals surface area contributed by atoms with Gasteiger partial charge in [-0.2, -0.15) is 0 Å². The molecular weight excluding hydrogens is 227 g/mol. The number of hydrogen-bond acceptors (Lipinski definition) is 2. The van der Waals surface area contributed by atoms with Gasteiger partial charge in [0.05, 0.1) is 23.7 Å². The van der Waals surface area contributed by atoms with E-state index in [0.29, 0.717) is 11.4 Å². The van der Waals surface area contributed by atoms with Crippen LogP contribution in [0, 0.1) is 10.6 Å². The Morgan fingerprint density at radius 3 is 3.12 bits per heavy atom. The summed E-state index contributed by atoms with van der Waals surface area (Å²) in [6, 6.07) is 4.95. The normalized spacial score (nSPS) is 20.7. The molecule has 1 aromatic heterocycles. The predicted molar refractivity (Wildman–Crippen MR) is 61.6 cm³/mol. The summed E-state index contributed by atoms with van der Waals surface area (Å²) in [4.78, 5) is 3.03. The van der Waals surface area contributed by atoms with Gasteiger partial charge in [-0.05, 0) is 36.8 Å². The van der Waals surface area contributed by atoms with Crippen molar-refractivity contribution in [3.8, 4) is 0 Å². The van der Waals surface area contributed by atoms with E-state index in [9.17, 15) is 4.39 Å². The van der Waals surface area contributed by atoms with Crippen LogP contribution in [0.25, 0.3) is 11.0 Å². The van der Waals surface area contributed by atoms with Gasteiger partial charge in [0, 0.05) is 6.61 Å². The maximum atomic E-state index is 13.1. The number of halogens is 1. The molecule has 16 heavy (non-hydrogen) atoms. The van der Waals surface area contributed by atoms with E-state index in [4.69, 9.17) is 17.0 Å². The third-order valence-corrected chi connectivity index (χ3v) is 3.25. The molecule has 2 aromatic rings. The Morgan fingerprint density at radius 1 is 1.50 bits per heavy atom. The smallest absolute Gasteiger partial charge is 0.178 e. The van der Waals surface area contributed by atoms with Crippen LogP contribution < -0.4 is 0 Å². The summed E-state index contributed by atoms with van der Waals surface area (Å²) in [5, 5.41) is 0. The highest BCUT2D eigenvalue weighted by atomic mass is 32.1. The Bertz CT molecular complexity index is 583. The van der Waals surface area contributed by atoms with Crippen LogP contribution in [0.4, 0.5) is 4.39 Å². The van der Waals surface area contributed by atoms with Gasteiger partial charge in [-0.3, -0.25) is 0 Å². The molecule has 1 unspecified atom stereocenters. The number of nitrogens with one attached hydrogen (secondary N) is 1. The fraction of sp³-hybridized carbons (Fsp3) is 0.364. The molecule has 84 valence electrons. The van der Waals surface area contributed by atoms with Gasteiger partial charge in [0.25, 0.3) is 0 Å². The van der Waals surface area contributed by atoms with Gasteiger partial charge < -0.3 is 14.3 Å². The van der Waals surface area contributed by atoms with Crippen LogP contribution >= 0.6 is 12.2 Å². The largest absolute Gasteiger partial charge is 0.379 e. The molecule has 3 nitrogen and oxygen atoms in total. The SMILES string of the molecule is Fc1ccc2c(c1)[nH]c(=S)n2C1CCOC1. The minimum Gasteiger partial charge on any atom is -0.379 e. The highest BCUT2D eigenvalue weighted by Gasteiger charge is 2.20. The van der Waals surface area contributed by atoms with Crippen molar-refractivity contribution < 1.29 is 9.13 Å². The topological polar surface area (TPSA) is 29.9 Å². The Morgan fingerprint density at radius 2 is 2.38 bits per heavy atom. The first-order valence-corrected chi connectivity index (χ1v) is 5.64. The predicted octanol–water partition coefficient (Wildman–Crippen LogP) is 2.80. The first-order chi connectivity index (χ1) is 7.75. The highest BCUT2D eigenvalue weighted by Crippen LogP contribution is 2.25. The van der Waals surface area contributed by atoms with Crippen molar-refractivity contribution in [2.24, 2.45) is 0 Å². The van der Waals surface area contributed by atoms with Crippen LogP contribution in [0.2, 0.25) is 0 Å². The number of aromatic nitrogens is 2. The van der Waals surface area contributed by atoms with Crippen LogP contribution in [-0.4, -0.2) is 22.8 Å². The molecule has 0 spiro atoms. The Kier molecular flexibility index (Phi) is 2.29. The van der Waals surface area contributed by atoms with Crippen LogP contribution in [0.15, 0.2) is 18.2 Å². The summed E-state index contributed by atoms with van der Waals surface area (Å²) < 4.78 is 21.1. The maximum absolute atomic E-state index is 13.1. The van der Waals surface area contributed by atoms with Crippen LogP contribution in [0.3, 0.4) is 0 Å². The Hall–Kier alpha value is -1.20. The molecule has 5 heteroatoms. The fourth-order valence-corrected chi connectivity index (χ4v) is 2.55. The van der Waals surface area contributed by atoms with Gasteiger partial charge in [-0.1, -0.05) is 0 Å². The third-order valence-electron chi connectivity index (χ3n) is 2.95. The van der Waals surface area contributed by atoms with Crippen molar-refractivity contribution in [1.82, 2.24) is 9.55 Å². The van der Waals surface area contributed by atoms with Gasteiger partial charge >= 0.3 is 0 Å². The van der Waals surface area contributed by atoms with Crippen molar-refractivity contribution in [2.45, 2.75) is 12.5 Å². The van der Waals surface area contributed by atoms with E-state index in [2.05, 4.69) is 4.98 Å². The van der Waals surface area contributed by atoms with Crippen LogP contribution in [-0.2, 0) is 4.74 Å². The molecule has 3 rings (SSSR count). The van der Waals surface area contributed by atoms with E-state index in [1.54, 1.807) is 6.07 Å². The molecule has 0 bridgehead atoms. The summed E-state index contributed by atoms with van der Waals surface area (Å²) in [6.45, 7) is 1.44. The van der Waals surface area contributed by atoms with E-state index in [1.165, 1.54) is 12.1 Å². The van der Waals surface area contributed by atoms with Gasteiger partial charge in [-0.25, -0.2) is 4.39 Å². The lowest BCUT2D eigenvalue weighted by Crippen LogP contribution is -2.08. The molecule has 0 aliphatic carbocycles. The highest BCUT2D eigenvalue weighted by molar-refractivity contribution is 7.71. The summed E-state index contributed by atoms with van der Waals surface area (Å²) in [5.41, 5.74) is 1.69. The van der Waals surface area contributed by atoms with Crippen LogP contribution in [0.1, 0.15) is 12.5 Å². The van der Waals surface area contributed by atoms with Gasteiger partial charge in [0.2, 0.25) is 0 Å². The first-order valence-electron chi connectivity index (χ1n) is 5.23. The van der Waals surface area contributed by atoms with Crippen molar-refractivity contribution in [3.05, 3.63) is 28.8 Å². The van der Waals surface area contributed by atoms with E-state index in [-0.39, 0.29) is 11.9 Å². The lowest BCUT2D eigenvalue weighted by Gasteiger charge is -2.10. The van der Waals surface area contributed by atoms with Gasteiger partial charge in [0.1, 0.15) is 5.82 Å². The zero-order chi connectivity index (χ0) is 11.1. The molecule has 1 aliphatic heterocycles. The molecule has 2 heterocycles. The molecule has 1 N–H and O–H groups in total. The van der Waals surface area contributed by atoms with Crippen molar-refractivity contribution in [2.75, 3.05) is 13.2 Å².